The van der Waals surface area contributed by atoms with E-state index in [0.717, 1.165) is 38.9 Å². The molecule has 19 heavy (non-hydrogen) atoms. The number of rotatable bonds is 9. The Morgan fingerprint density at radius 2 is 2.26 bits per heavy atom. The Bertz CT molecular complexity index is 379. The van der Waals surface area contributed by atoms with Gasteiger partial charge in [0, 0.05) is 38.5 Å². The summed E-state index contributed by atoms with van der Waals surface area (Å²) in [4.78, 5) is 6.61. The summed E-state index contributed by atoms with van der Waals surface area (Å²) in [6.07, 6.45) is 6.49. The third-order valence-corrected chi connectivity index (χ3v) is 3.48. The van der Waals surface area contributed by atoms with Crippen LogP contribution in [0.1, 0.15) is 32.3 Å². The van der Waals surface area contributed by atoms with Crippen LogP contribution >= 0.6 is 0 Å². The molecule has 0 aliphatic heterocycles. The number of nitrogens with zero attached hydrogens (tertiary/aromatic N) is 2. The summed E-state index contributed by atoms with van der Waals surface area (Å²) in [6, 6.07) is 2.85. The Morgan fingerprint density at radius 1 is 1.42 bits per heavy atom. The van der Waals surface area contributed by atoms with Crippen molar-refractivity contribution in [2.45, 2.75) is 39.3 Å². The molecule has 2 rings (SSSR count). The largest absolute Gasteiger partial charge is 0.380 e. The Labute approximate surface area is 116 Å². The summed E-state index contributed by atoms with van der Waals surface area (Å²) in [5.41, 5.74) is 2.57. The molecule has 1 aliphatic rings. The van der Waals surface area contributed by atoms with Crippen molar-refractivity contribution >= 4 is 5.69 Å². The van der Waals surface area contributed by atoms with E-state index in [9.17, 15) is 0 Å². The lowest BCUT2D eigenvalue weighted by atomic mass is 10.2. The number of ether oxygens (including phenoxy) is 1. The predicted octanol–water partition coefficient (Wildman–Crippen LogP) is 2.20. The SMILES string of the molecule is CCOCCN(CC)c1cnccc1CNC1CC1. The lowest BCUT2D eigenvalue weighted by Gasteiger charge is -2.25. The zero-order valence-electron chi connectivity index (χ0n) is 12.1. The fourth-order valence-electron chi connectivity index (χ4n) is 2.16. The summed E-state index contributed by atoms with van der Waals surface area (Å²) >= 11 is 0. The molecule has 1 aromatic heterocycles. The molecular formula is C15H25N3O. The van der Waals surface area contributed by atoms with Gasteiger partial charge in [-0.1, -0.05) is 0 Å². The molecule has 1 fully saturated rings. The molecule has 0 spiro atoms. The van der Waals surface area contributed by atoms with E-state index < -0.39 is 0 Å². The minimum atomic E-state index is 0.736. The van der Waals surface area contributed by atoms with Crippen molar-refractivity contribution in [1.29, 1.82) is 0 Å². The second kappa shape index (κ2) is 7.46. The van der Waals surface area contributed by atoms with E-state index in [1.54, 1.807) is 0 Å². The van der Waals surface area contributed by atoms with Gasteiger partial charge in [-0.2, -0.15) is 0 Å². The third kappa shape index (κ3) is 4.48. The Kier molecular flexibility index (Phi) is 5.61. The molecule has 4 heteroatoms. The normalized spacial score (nSPS) is 14.6. The van der Waals surface area contributed by atoms with E-state index in [0.29, 0.717) is 0 Å². The zero-order valence-corrected chi connectivity index (χ0v) is 12.1. The maximum atomic E-state index is 5.46. The molecule has 0 unspecified atom stereocenters. The van der Waals surface area contributed by atoms with Gasteiger partial charge in [-0.15, -0.1) is 0 Å². The number of likely N-dealkylation sites (N-methyl/N-ethyl adjacent to an activating group) is 1. The molecule has 106 valence electrons. The average molecular weight is 263 g/mol. The van der Waals surface area contributed by atoms with Crippen LogP contribution in [0.25, 0.3) is 0 Å². The van der Waals surface area contributed by atoms with Gasteiger partial charge in [0.05, 0.1) is 18.5 Å². The summed E-state index contributed by atoms with van der Waals surface area (Å²) in [5.74, 6) is 0. The van der Waals surface area contributed by atoms with E-state index in [1.165, 1.54) is 24.1 Å². The molecule has 0 atom stereocenters. The quantitative estimate of drug-likeness (QED) is 0.693. The van der Waals surface area contributed by atoms with E-state index in [-0.39, 0.29) is 0 Å². The number of hydrogen-bond acceptors (Lipinski definition) is 4. The first-order valence-electron chi connectivity index (χ1n) is 7.34. The molecule has 1 aliphatic carbocycles. The van der Waals surface area contributed by atoms with Crippen LogP contribution < -0.4 is 10.2 Å². The summed E-state index contributed by atoms with van der Waals surface area (Å²) < 4.78 is 5.46. The van der Waals surface area contributed by atoms with E-state index in [1.807, 2.05) is 19.3 Å². The molecule has 1 aromatic rings. The summed E-state index contributed by atoms with van der Waals surface area (Å²) in [7, 11) is 0. The highest BCUT2D eigenvalue weighted by Crippen LogP contribution is 2.22. The fraction of sp³-hybridized carbons (Fsp3) is 0.667. The first-order chi connectivity index (χ1) is 9.35. The topological polar surface area (TPSA) is 37.4 Å². The minimum Gasteiger partial charge on any atom is -0.380 e. The van der Waals surface area contributed by atoms with Crippen molar-refractivity contribution in [3.63, 3.8) is 0 Å². The molecule has 0 aromatic carbocycles. The molecule has 4 nitrogen and oxygen atoms in total. The van der Waals surface area contributed by atoms with E-state index in [2.05, 4.69) is 28.2 Å². The van der Waals surface area contributed by atoms with Gasteiger partial charge in [0.2, 0.25) is 0 Å². The van der Waals surface area contributed by atoms with Crippen molar-refractivity contribution in [2.75, 3.05) is 31.2 Å². The summed E-state index contributed by atoms with van der Waals surface area (Å²) in [6.45, 7) is 8.60. The van der Waals surface area contributed by atoms with Crippen molar-refractivity contribution in [3.8, 4) is 0 Å². The van der Waals surface area contributed by atoms with Crippen LogP contribution in [0.2, 0.25) is 0 Å². The maximum Gasteiger partial charge on any atom is 0.0641 e. The molecule has 1 heterocycles. The second-order valence-corrected chi connectivity index (χ2v) is 4.94. The molecule has 0 bridgehead atoms. The van der Waals surface area contributed by atoms with Gasteiger partial charge in [-0.05, 0) is 38.3 Å². The Balaban J connectivity index is 1.97. The fourth-order valence-corrected chi connectivity index (χ4v) is 2.16. The van der Waals surface area contributed by atoms with Gasteiger partial charge in [-0.25, -0.2) is 0 Å². The average Bonchev–Trinajstić information content (AvgIpc) is 3.26. The highest BCUT2D eigenvalue weighted by molar-refractivity contribution is 5.51. The van der Waals surface area contributed by atoms with E-state index in [4.69, 9.17) is 4.74 Å². The number of pyridine rings is 1. The Hall–Kier alpha value is -1.13. The monoisotopic (exact) mass is 263 g/mol. The lowest BCUT2D eigenvalue weighted by molar-refractivity contribution is 0.154. The maximum absolute atomic E-state index is 5.46. The van der Waals surface area contributed by atoms with Gasteiger partial charge in [0.15, 0.2) is 0 Å². The van der Waals surface area contributed by atoms with Crippen LogP contribution in [0.3, 0.4) is 0 Å². The van der Waals surface area contributed by atoms with Crippen molar-refractivity contribution < 1.29 is 4.74 Å². The first-order valence-corrected chi connectivity index (χ1v) is 7.34. The highest BCUT2D eigenvalue weighted by atomic mass is 16.5. The third-order valence-electron chi connectivity index (χ3n) is 3.48. The number of hydrogen-bond donors (Lipinski definition) is 1. The van der Waals surface area contributed by atoms with Gasteiger partial charge in [0.25, 0.3) is 0 Å². The molecule has 0 amide bonds. The van der Waals surface area contributed by atoms with Crippen LogP contribution in [-0.4, -0.2) is 37.3 Å². The summed E-state index contributed by atoms with van der Waals surface area (Å²) in [5, 5.41) is 3.57. The van der Waals surface area contributed by atoms with E-state index >= 15 is 0 Å². The van der Waals surface area contributed by atoms with Crippen LogP contribution in [0, 0.1) is 0 Å². The molecule has 0 saturated heterocycles. The molecule has 1 saturated carbocycles. The lowest BCUT2D eigenvalue weighted by Crippen LogP contribution is -2.29. The van der Waals surface area contributed by atoms with Crippen molar-refractivity contribution in [1.82, 2.24) is 10.3 Å². The molecule has 0 radical (unpaired) electrons. The van der Waals surface area contributed by atoms with Crippen LogP contribution in [-0.2, 0) is 11.3 Å². The standard InChI is InChI=1S/C15H25N3O/c1-3-18(9-10-19-4-2)15-12-16-8-7-13(15)11-17-14-5-6-14/h7-8,12,14,17H,3-6,9-11H2,1-2H3. The number of aromatic nitrogens is 1. The number of nitrogens with one attached hydrogen (secondary N) is 1. The Morgan fingerprint density at radius 3 is 2.95 bits per heavy atom. The smallest absolute Gasteiger partial charge is 0.0641 e. The minimum absolute atomic E-state index is 0.736. The van der Waals surface area contributed by atoms with Gasteiger partial charge in [-0.3, -0.25) is 4.98 Å². The van der Waals surface area contributed by atoms with Gasteiger partial charge < -0.3 is 15.0 Å². The van der Waals surface area contributed by atoms with Crippen molar-refractivity contribution in [3.05, 3.63) is 24.0 Å². The first kappa shape index (κ1) is 14.3. The zero-order chi connectivity index (χ0) is 13.5. The van der Waals surface area contributed by atoms with Crippen LogP contribution in [0.15, 0.2) is 18.5 Å². The highest BCUT2D eigenvalue weighted by Gasteiger charge is 2.20. The molecule has 1 N–H and O–H groups in total. The second-order valence-electron chi connectivity index (χ2n) is 4.94. The van der Waals surface area contributed by atoms with Crippen LogP contribution in [0.4, 0.5) is 5.69 Å². The van der Waals surface area contributed by atoms with Gasteiger partial charge >= 0.3 is 0 Å². The van der Waals surface area contributed by atoms with Gasteiger partial charge in [0.1, 0.15) is 0 Å². The predicted molar refractivity (Wildman–Crippen MR) is 78.5 cm³/mol. The van der Waals surface area contributed by atoms with Crippen molar-refractivity contribution in [2.24, 2.45) is 0 Å². The van der Waals surface area contributed by atoms with Crippen LogP contribution in [0.5, 0.6) is 0 Å². The molecular weight excluding hydrogens is 238 g/mol. The number of anilines is 1.